The minimum Gasteiger partial charge on any atom is -0.479 e. The van der Waals surface area contributed by atoms with E-state index < -0.39 is 67.3 Å². The van der Waals surface area contributed by atoms with E-state index >= 15 is 0 Å². The van der Waals surface area contributed by atoms with Crippen LogP contribution in [0.3, 0.4) is 0 Å². The molecular formula is C61H100O12. The van der Waals surface area contributed by atoms with Crippen LogP contribution in [-0.2, 0) is 42.9 Å². The lowest BCUT2D eigenvalue weighted by Gasteiger charge is -2.40. The molecule has 6 atom stereocenters. The van der Waals surface area contributed by atoms with Crippen molar-refractivity contribution in [3.63, 3.8) is 0 Å². The van der Waals surface area contributed by atoms with Gasteiger partial charge in [-0.3, -0.25) is 14.4 Å². The van der Waals surface area contributed by atoms with Crippen LogP contribution in [0.5, 0.6) is 0 Å². The van der Waals surface area contributed by atoms with Crippen LogP contribution >= 0.6 is 0 Å². The standard InChI is InChI=1S/C61H100O12/c1-4-7-10-13-16-19-21-23-25-26-27-28-30-31-33-36-38-41-44-47-53(62)69-50-52(71-54(63)48-45-42-39-35-18-15-12-9-6-3)51-70-61-59(57(66)56(65)58(73-61)60(67)68)72-55(64)49-46-43-40-37-34-32-29-24-22-20-17-14-11-8-5-2/h7,10,16,19,23-25,27-29,31,33,38,41,52,56-59,61,65-66H,4-6,8-9,11-15,17-18,20-22,26,30,32,34-37,39-40,42-51H2,1-3H3,(H,67,68)/b10-7-,19-16-,25-23-,28-27-,29-24-,33-31-,41-38-. The molecule has 0 aliphatic carbocycles. The molecule has 0 saturated carbocycles. The first-order chi connectivity index (χ1) is 35.6. The molecule has 0 aromatic heterocycles. The second-order valence-electron chi connectivity index (χ2n) is 19.2. The molecule has 12 nitrogen and oxygen atoms in total. The van der Waals surface area contributed by atoms with Crippen LogP contribution in [0, 0.1) is 0 Å². The number of aliphatic hydroxyl groups excluding tert-OH is 2. The molecule has 1 aliphatic rings. The van der Waals surface area contributed by atoms with Crippen LogP contribution < -0.4 is 0 Å². The highest BCUT2D eigenvalue weighted by Crippen LogP contribution is 2.26. The van der Waals surface area contributed by atoms with Gasteiger partial charge in [0.1, 0.15) is 18.8 Å². The fourth-order valence-corrected chi connectivity index (χ4v) is 8.09. The van der Waals surface area contributed by atoms with Crippen molar-refractivity contribution in [1.82, 2.24) is 0 Å². The molecule has 73 heavy (non-hydrogen) atoms. The highest BCUT2D eigenvalue weighted by molar-refractivity contribution is 5.74. The summed E-state index contributed by atoms with van der Waals surface area (Å²) < 4.78 is 28.2. The van der Waals surface area contributed by atoms with E-state index in [-0.39, 0.29) is 25.9 Å². The molecule has 3 N–H and O–H groups in total. The number of aliphatic hydroxyl groups is 2. The molecule has 1 aliphatic heterocycles. The summed E-state index contributed by atoms with van der Waals surface area (Å²) in [5, 5.41) is 31.4. The van der Waals surface area contributed by atoms with Gasteiger partial charge in [-0.05, 0) is 83.5 Å². The van der Waals surface area contributed by atoms with E-state index in [4.69, 9.17) is 23.7 Å². The average molecular weight is 1030 g/mol. The Morgan fingerprint density at radius 3 is 1.37 bits per heavy atom. The molecule has 1 saturated heterocycles. The van der Waals surface area contributed by atoms with Crippen molar-refractivity contribution in [3.05, 3.63) is 85.1 Å². The van der Waals surface area contributed by atoms with Gasteiger partial charge in [0.25, 0.3) is 0 Å². The van der Waals surface area contributed by atoms with Gasteiger partial charge >= 0.3 is 23.9 Å². The summed E-state index contributed by atoms with van der Waals surface area (Å²) in [6.07, 6.45) is 50.1. The molecule has 1 fully saturated rings. The summed E-state index contributed by atoms with van der Waals surface area (Å²) in [7, 11) is 0. The Bertz CT molecular complexity index is 1590. The van der Waals surface area contributed by atoms with Crippen LogP contribution in [0.1, 0.15) is 226 Å². The summed E-state index contributed by atoms with van der Waals surface area (Å²) in [5.41, 5.74) is 0. The Balaban J connectivity index is 2.71. The zero-order chi connectivity index (χ0) is 53.3. The highest BCUT2D eigenvalue weighted by atomic mass is 16.7. The van der Waals surface area contributed by atoms with Gasteiger partial charge in [-0.2, -0.15) is 0 Å². The van der Waals surface area contributed by atoms with E-state index in [1.807, 2.05) is 12.2 Å². The first-order valence-electron chi connectivity index (χ1n) is 28.6. The van der Waals surface area contributed by atoms with Crippen LogP contribution in [0.25, 0.3) is 0 Å². The number of carboxylic acid groups (broad SMARTS) is 1. The molecule has 0 radical (unpaired) electrons. The lowest BCUT2D eigenvalue weighted by Crippen LogP contribution is -2.61. The van der Waals surface area contributed by atoms with Gasteiger partial charge in [-0.25, -0.2) is 4.79 Å². The fraction of sp³-hybridized carbons (Fsp3) is 0.705. The number of aliphatic carboxylic acids is 1. The number of esters is 3. The lowest BCUT2D eigenvalue weighted by atomic mass is 9.98. The molecule has 6 unspecified atom stereocenters. The van der Waals surface area contributed by atoms with E-state index in [1.165, 1.54) is 70.6 Å². The Labute approximate surface area is 441 Å². The predicted octanol–water partition coefficient (Wildman–Crippen LogP) is 14.3. The summed E-state index contributed by atoms with van der Waals surface area (Å²) in [6.45, 7) is 5.76. The van der Waals surface area contributed by atoms with E-state index in [0.717, 1.165) is 96.3 Å². The maximum absolute atomic E-state index is 13.0. The smallest absolute Gasteiger partial charge is 0.335 e. The molecule has 12 heteroatoms. The number of rotatable bonds is 47. The number of ether oxygens (including phenoxy) is 5. The van der Waals surface area contributed by atoms with Crippen molar-refractivity contribution in [2.24, 2.45) is 0 Å². The van der Waals surface area contributed by atoms with Gasteiger partial charge in [0.05, 0.1) is 6.61 Å². The van der Waals surface area contributed by atoms with Crippen molar-refractivity contribution < 1.29 is 58.2 Å². The Hall–Kier alpha value is -4.10. The summed E-state index contributed by atoms with van der Waals surface area (Å²) in [4.78, 5) is 50.9. The minimum absolute atomic E-state index is 0.0418. The Kier molecular flexibility index (Phi) is 44.7. The third-order valence-electron chi connectivity index (χ3n) is 12.5. The van der Waals surface area contributed by atoms with E-state index in [2.05, 4.69) is 93.7 Å². The molecular weight excluding hydrogens is 925 g/mol. The monoisotopic (exact) mass is 1020 g/mol. The van der Waals surface area contributed by atoms with Crippen LogP contribution in [0.2, 0.25) is 0 Å². The highest BCUT2D eigenvalue weighted by Gasteiger charge is 2.50. The largest absolute Gasteiger partial charge is 0.479 e. The average Bonchev–Trinajstić information content (AvgIpc) is 3.37. The zero-order valence-corrected chi connectivity index (χ0v) is 45.6. The third-order valence-corrected chi connectivity index (χ3v) is 12.5. The van der Waals surface area contributed by atoms with E-state index in [0.29, 0.717) is 19.3 Å². The fourth-order valence-electron chi connectivity index (χ4n) is 8.09. The topological polar surface area (TPSA) is 175 Å². The number of carboxylic acids is 1. The first kappa shape index (κ1) is 66.9. The maximum Gasteiger partial charge on any atom is 0.335 e. The number of carbonyl (C=O) groups excluding carboxylic acids is 3. The maximum atomic E-state index is 13.0. The van der Waals surface area contributed by atoms with Crippen LogP contribution in [0.4, 0.5) is 0 Å². The van der Waals surface area contributed by atoms with Gasteiger partial charge in [0, 0.05) is 19.3 Å². The SMILES string of the molecule is CC/C=C\C/C=C\C/C=C\C/C=C\C/C=C\C/C=C\CCC(=O)OCC(COC1OC(C(=O)O)C(O)C(O)C1OC(=O)CCCCCCC/C=C\CCCCCCCC)OC(=O)CCCCCCCCCCC. The van der Waals surface area contributed by atoms with E-state index in [9.17, 15) is 34.5 Å². The number of hydrogen-bond acceptors (Lipinski definition) is 11. The molecule has 0 bridgehead atoms. The van der Waals surface area contributed by atoms with E-state index in [1.54, 1.807) is 0 Å². The van der Waals surface area contributed by atoms with Gasteiger partial charge in [0.2, 0.25) is 0 Å². The Morgan fingerprint density at radius 1 is 0.466 bits per heavy atom. The van der Waals surface area contributed by atoms with Crippen molar-refractivity contribution in [2.75, 3.05) is 13.2 Å². The van der Waals surface area contributed by atoms with Gasteiger partial charge in [-0.15, -0.1) is 0 Å². The number of allylic oxidation sites excluding steroid dienone is 14. The molecule has 0 spiro atoms. The Morgan fingerprint density at radius 2 is 0.890 bits per heavy atom. The van der Waals surface area contributed by atoms with Gasteiger partial charge < -0.3 is 39.0 Å². The van der Waals surface area contributed by atoms with Crippen LogP contribution in [0.15, 0.2) is 85.1 Å². The lowest BCUT2D eigenvalue weighted by molar-refractivity contribution is -0.301. The van der Waals surface area contributed by atoms with Crippen molar-refractivity contribution >= 4 is 23.9 Å². The predicted molar refractivity (Wildman–Crippen MR) is 294 cm³/mol. The molecule has 1 rings (SSSR count). The quantitative estimate of drug-likeness (QED) is 0.0228. The normalized spacial score (nSPS) is 18.9. The summed E-state index contributed by atoms with van der Waals surface area (Å²) in [5.74, 6) is -3.25. The zero-order valence-electron chi connectivity index (χ0n) is 45.6. The molecule has 0 amide bonds. The first-order valence-corrected chi connectivity index (χ1v) is 28.6. The molecule has 416 valence electrons. The van der Waals surface area contributed by atoms with Crippen molar-refractivity contribution in [1.29, 1.82) is 0 Å². The summed E-state index contributed by atoms with van der Waals surface area (Å²) >= 11 is 0. The molecule has 0 aromatic carbocycles. The molecule has 1 heterocycles. The second kappa shape index (κ2) is 48.8. The summed E-state index contributed by atoms with van der Waals surface area (Å²) in [6, 6.07) is 0. The van der Waals surface area contributed by atoms with Crippen LogP contribution in [-0.4, -0.2) is 89.2 Å². The molecule has 0 aromatic rings. The van der Waals surface area contributed by atoms with Crippen molar-refractivity contribution in [2.45, 2.75) is 263 Å². The third kappa shape index (κ3) is 39.0. The second-order valence-corrected chi connectivity index (χ2v) is 19.2. The number of unbranched alkanes of at least 4 members (excludes halogenated alkanes) is 19. The minimum atomic E-state index is -1.91. The van der Waals surface area contributed by atoms with Gasteiger partial charge in [0.15, 0.2) is 24.6 Å². The van der Waals surface area contributed by atoms with Crippen molar-refractivity contribution in [3.8, 4) is 0 Å². The number of hydrogen-bond donors (Lipinski definition) is 3. The van der Waals surface area contributed by atoms with Gasteiger partial charge in [-0.1, -0.05) is 209 Å². The number of carbonyl (C=O) groups is 4.